The van der Waals surface area contributed by atoms with Crippen LogP contribution < -0.4 is 10.6 Å². The Hall–Kier alpha value is -0.910. The molecule has 0 spiro atoms. The average molecular weight is 286 g/mol. The predicted molar refractivity (Wildman–Crippen MR) is 75.4 cm³/mol. The molecule has 0 aromatic heterocycles. The van der Waals surface area contributed by atoms with Crippen molar-refractivity contribution in [3.8, 4) is 0 Å². The SMILES string of the molecule is CCSC1CCC(NC(=O)NC2(C(=O)O)CCC2)C1. The van der Waals surface area contributed by atoms with Gasteiger partial charge in [-0.05, 0) is 44.3 Å². The molecule has 2 saturated carbocycles. The molecule has 19 heavy (non-hydrogen) atoms. The zero-order valence-electron chi connectivity index (χ0n) is 11.3. The zero-order valence-corrected chi connectivity index (χ0v) is 12.1. The number of urea groups is 1. The fourth-order valence-corrected chi connectivity index (χ4v) is 3.96. The summed E-state index contributed by atoms with van der Waals surface area (Å²) >= 11 is 1.94. The van der Waals surface area contributed by atoms with Crippen LogP contribution in [0.3, 0.4) is 0 Å². The molecule has 2 fully saturated rings. The molecule has 2 unspecified atom stereocenters. The van der Waals surface area contributed by atoms with Crippen LogP contribution in [0.25, 0.3) is 0 Å². The minimum Gasteiger partial charge on any atom is -0.480 e. The van der Waals surface area contributed by atoms with Crippen LogP contribution in [-0.4, -0.2) is 39.7 Å². The van der Waals surface area contributed by atoms with Crippen LogP contribution in [0, 0.1) is 0 Å². The van der Waals surface area contributed by atoms with Crippen LogP contribution in [0.15, 0.2) is 0 Å². The van der Waals surface area contributed by atoms with Crippen molar-refractivity contribution >= 4 is 23.8 Å². The number of carboxylic acids is 1. The minimum atomic E-state index is -1.01. The molecule has 5 nitrogen and oxygen atoms in total. The molecule has 6 heteroatoms. The molecule has 108 valence electrons. The molecule has 0 radical (unpaired) electrons. The van der Waals surface area contributed by atoms with E-state index in [1.54, 1.807) is 0 Å². The number of aliphatic carboxylic acids is 1. The summed E-state index contributed by atoms with van der Waals surface area (Å²) in [5.74, 6) is 0.186. The molecule has 2 amide bonds. The smallest absolute Gasteiger partial charge is 0.329 e. The monoisotopic (exact) mass is 286 g/mol. The number of hydrogen-bond acceptors (Lipinski definition) is 3. The molecular formula is C13H22N2O3S. The Balaban J connectivity index is 1.77. The highest BCUT2D eigenvalue weighted by atomic mass is 32.2. The van der Waals surface area contributed by atoms with Gasteiger partial charge in [0.15, 0.2) is 0 Å². The normalized spacial score (nSPS) is 28.5. The lowest BCUT2D eigenvalue weighted by Crippen LogP contribution is -2.61. The van der Waals surface area contributed by atoms with Crippen molar-refractivity contribution in [1.82, 2.24) is 10.6 Å². The van der Waals surface area contributed by atoms with Gasteiger partial charge in [0.1, 0.15) is 5.54 Å². The number of thioether (sulfide) groups is 1. The Morgan fingerprint density at radius 1 is 1.37 bits per heavy atom. The molecule has 2 aliphatic rings. The van der Waals surface area contributed by atoms with Gasteiger partial charge in [-0.15, -0.1) is 0 Å². The lowest BCUT2D eigenvalue weighted by atomic mass is 9.77. The lowest BCUT2D eigenvalue weighted by Gasteiger charge is -2.38. The molecular weight excluding hydrogens is 264 g/mol. The Bertz CT molecular complexity index is 358. The highest BCUT2D eigenvalue weighted by Crippen LogP contribution is 2.32. The third kappa shape index (κ3) is 3.35. The molecule has 0 bridgehead atoms. The maximum absolute atomic E-state index is 11.9. The van der Waals surface area contributed by atoms with E-state index in [1.165, 1.54) is 0 Å². The van der Waals surface area contributed by atoms with Crippen molar-refractivity contribution in [1.29, 1.82) is 0 Å². The summed E-state index contributed by atoms with van der Waals surface area (Å²) in [6, 6.07) is -0.135. The maximum Gasteiger partial charge on any atom is 0.329 e. The second kappa shape index (κ2) is 6.03. The highest BCUT2D eigenvalue weighted by Gasteiger charge is 2.46. The average Bonchev–Trinajstić information content (AvgIpc) is 2.71. The van der Waals surface area contributed by atoms with Gasteiger partial charge in [0, 0.05) is 11.3 Å². The van der Waals surface area contributed by atoms with Crippen molar-refractivity contribution in [2.75, 3.05) is 5.75 Å². The number of carbonyl (C=O) groups excluding carboxylic acids is 1. The van der Waals surface area contributed by atoms with Crippen molar-refractivity contribution in [2.45, 2.75) is 62.3 Å². The Kier molecular flexibility index (Phi) is 4.60. The molecule has 2 atom stereocenters. The molecule has 2 rings (SSSR count). The fraction of sp³-hybridized carbons (Fsp3) is 0.846. The summed E-state index contributed by atoms with van der Waals surface area (Å²) in [5, 5.41) is 15.4. The number of hydrogen-bond donors (Lipinski definition) is 3. The van der Waals surface area contributed by atoms with Crippen molar-refractivity contribution in [3.63, 3.8) is 0 Å². The number of carbonyl (C=O) groups is 2. The summed E-state index contributed by atoms with van der Waals surface area (Å²) in [6.45, 7) is 2.14. The maximum atomic E-state index is 11.9. The third-order valence-corrected chi connectivity index (χ3v) is 5.32. The largest absolute Gasteiger partial charge is 0.480 e. The van der Waals surface area contributed by atoms with E-state index in [1.807, 2.05) is 11.8 Å². The number of nitrogens with one attached hydrogen (secondary N) is 2. The lowest BCUT2D eigenvalue weighted by molar-refractivity contribution is -0.148. The minimum absolute atomic E-state index is 0.190. The van der Waals surface area contributed by atoms with E-state index >= 15 is 0 Å². The molecule has 0 aromatic rings. The first kappa shape index (κ1) is 14.5. The number of rotatable bonds is 5. The van der Waals surface area contributed by atoms with Crippen molar-refractivity contribution in [2.24, 2.45) is 0 Å². The molecule has 0 heterocycles. The molecule has 2 aliphatic carbocycles. The molecule has 0 aliphatic heterocycles. The number of carboxylic acid groups (broad SMARTS) is 1. The Morgan fingerprint density at radius 3 is 2.63 bits per heavy atom. The third-order valence-electron chi connectivity index (χ3n) is 4.09. The van der Waals surface area contributed by atoms with Crippen LogP contribution >= 0.6 is 11.8 Å². The van der Waals surface area contributed by atoms with E-state index in [4.69, 9.17) is 5.11 Å². The van der Waals surface area contributed by atoms with Gasteiger partial charge in [0.05, 0.1) is 0 Å². The fourth-order valence-electron chi connectivity index (χ4n) is 2.82. The Labute approximate surface area is 117 Å². The van der Waals surface area contributed by atoms with E-state index in [-0.39, 0.29) is 12.1 Å². The zero-order chi connectivity index (χ0) is 13.9. The quantitative estimate of drug-likeness (QED) is 0.722. The van der Waals surface area contributed by atoms with Gasteiger partial charge in [-0.25, -0.2) is 9.59 Å². The second-order valence-electron chi connectivity index (χ2n) is 5.43. The van der Waals surface area contributed by atoms with Gasteiger partial charge in [-0.1, -0.05) is 6.92 Å². The molecule has 0 saturated heterocycles. The highest BCUT2D eigenvalue weighted by molar-refractivity contribution is 7.99. The van der Waals surface area contributed by atoms with Gasteiger partial charge in [-0.3, -0.25) is 0 Å². The van der Waals surface area contributed by atoms with Gasteiger partial charge in [0.25, 0.3) is 0 Å². The van der Waals surface area contributed by atoms with Crippen LogP contribution in [0.4, 0.5) is 4.79 Å². The van der Waals surface area contributed by atoms with Gasteiger partial charge < -0.3 is 15.7 Å². The number of amides is 2. The van der Waals surface area contributed by atoms with E-state index in [9.17, 15) is 9.59 Å². The summed E-state index contributed by atoms with van der Waals surface area (Å²) in [6.07, 6.45) is 5.05. The van der Waals surface area contributed by atoms with Crippen LogP contribution in [0.1, 0.15) is 45.4 Å². The Morgan fingerprint density at radius 2 is 2.11 bits per heavy atom. The van der Waals surface area contributed by atoms with E-state index in [0.717, 1.165) is 31.4 Å². The van der Waals surface area contributed by atoms with Gasteiger partial charge in [-0.2, -0.15) is 11.8 Å². The van der Waals surface area contributed by atoms with E-state index < -0.39 is 11.5 Å². The van der Waals surface area contributed by atoms with Gasteiger partial charge >= 0.3 is 12.0 Å². The summed E-state index contributed by atoms with van der Waals surface area (Å²) < 4.78 is 0. The van der Waals surface area contributed by atoms with Crippen LogP contribution in [0.2, 0.25) is 0 Å². The summed E-state index contributed by atoms with van der Waals surface area (Å²) in [5.41, 5.74) is -1.01. The molecule has 0 aromatic carbocycles. The van der Waals surface area contributed by atoms with Crippen LogP contribution in [0.5, 0.6) is 0 Å². The first-order valence-corrected chi connectivity index (χ1v) is 8.04. The van der Waals surface area contributed by atoms with E-state index in [2.05, 4.69) is 17.6 Å². The van der Waals surface area contributed by atoms with Crippen molar-refractivity contribution < 1.29 is 14.7 Å². The first-order chi connectivity index (χ1) is 9.05. The van der Waals surface area contributed by atoms with Crippen LogP contribution in [-0.2, 0) is 4.79 Å². The topological polar surface area (TPSA) is 78.4 Å². The van der Waals surface area contributed by atoms with Crippen molar-refractivity contribution in [3.05, 3.63) is 0 Å². The summed E-state index contributed by atoms with van der Waals surface area (Å²) in [7, 11) is 0. The van der Waals surface area contributed by atoms with Gasteiger partial charge in [0.2, 0.25) is 0 Å². The predicted octanol–water partition coefficient (Wildman–Crippen LogP) is 1.97. The standard InChI is InChI=1S/C13H22N2O3S/c1-2-19-10-5-4-9(8-10)14-12(18)15-13(11(16)17)6-3-7-13/h9-10H,2-8H2,1H3,(H,16,17)(H2,14,15,18). The van der Waals surface area contributed by atoms with E-state index in [0.29, 0.717) is 18.1 Å². The summed E-state index contributed by atoms with van der Waals surface area (Å²) in [4.78, 5) is 23.1. The molecule has 3 N–H and O–H groups in total. The second-order valence-corrected chi connectivity index (χ2v) is 7.00. The first-order valence-electron chi connectivity index (χ1n) is 6.99.